The summed E-state index contributed by atoms with van der Waals surface area (Å²) in [4.78, 5) is 2.39. The van der Waals surface area contributed by atoms with Crippen molar-refractivity contribution in [2.24, 2.45) is 5.73 Å². The van der Waals surface area contributed by atoms with Gasteiger partial charge >= 0.3 is 0 Å². The zero-order valence-corrected chi connectivity index (χ0v) is 14.5. The molecule has 124 valence electrons. The van der Waals surface area contributed by atoms with Gasteiger partial charge in [0.05, 0.1) is 6.26 Å². The van der Waals surface area contributed by atoms with E-state index >= 15 is 0 Å². The van der Waals surface area contributed by atoms with Crippen LogP contribution >= 0.6 is 0 Å². The second kappa shape index (κ2) is 5.47. The zero-order valence-electron chi connectivity index (χ0n) is 14.5. The first kappa shape index (κ1) is 15.4. The molecule has 0 radical (unpaired) electrons. The van der Waals surface area contributed by atoms with Crippen molar-refractivity contribution in [2.45, 2.75) is 31.8 Å². The third-order valence-electron chi connectivity index (χ3n) is 5.08. The van der Waals surface area contributed by atoms with Gasteiger partial charge in [-0.25, -0.2) is 0 Å². The summed E-state index contributed by atoms with van der Waals surface area (Å²) in [5.74, 6) is 0.382. The first-order chi connectivity index (χ1) is 11.4. The van der Waals surface area contributed by atoms with Gasteiger partial charge < -0.3 is 15.1 Å². The summed E-state index contributed by atoms with van der Waals surface area (Å²) in [6, 6.07) is 15.3. The number of furan rings is 1. The van der Waals surface area contributed by atoms with E-state index in [0.29, 0.717) is 5.92 Å². The summed E-state index contributed by atoms with van der Waals surface area (Å²) in [7, 11) is 2.19. The number of fused-ring (bicyclic) bond motifs is 2. The molecule has 0 fully saturated rings. The maximum atomic E-state index is 6.30. The van der Waals surface area contributed by atoms with Crippen molar-refractivity contribution in [1.29, 1.82) is 0 Å². The van der Waals surface area contributed by atoms with E-state index in [4.69, 9.17) is 10.2 Å². The Bertz CT molecular complexity index is 888. The number of likely N-dealkylation sites (N-methyl/N-ethyl adjacent to an activating group) is 1. The zero-order chi connectivity index (χ0) is 16.9. The minimum Gasteiger partial charge on any atom is -0.464 e. The SMILES string of the molecule is CN1Cc2cc(C(C)(C)N)ccc2C(c2ccc3occc3c2)C1. The quantitative estimate of drug-likeness (QED) is 0.769. The third kappa shape index (κ3) is 2.64. The lowest BCUT2D eigenvalue weighted by molar-refractivity contribution is 0.295. The minimum absolute atomic E-state index is 0.309. The van der Waals surface area contributed by atoms with E-state index in [2.05, 4.69) is 62.2 Å². The Morgan fingerprint density at radius 2 is 1.96 bits per heavy atom. The van der Waals surface area contributed by atoms with Crippen molar-refractivity contribution in [3.63, 3.8) is 0 Å². The van der Waals surface area contributed by atoms with Gasteiger partial charge in [0, 0.05) is 29.9 Å². The highest BCUT2D eigenvalue weighted by Crippen LogP contribution is 2.36. The van der Waals surface area contributed by atoms with Crippen LogP contribution in [0.15, 0.2) is 53.1 Å². The Morgan fingerprint density at radius 3 is 2.75 bits per heavy atom. The van der Waals surface area contributed by atoms with Crippen molar-refractivity contribution in [1.82, 2.24) is 4.90 Å². The lowest BCUT2D eigenvalue weighted by Gasteiger charge is -2.34. The first-order valence-electron chi connectivity index (χ1n) is 8.50. The molecular weight excluding hydrogens is 296 g/mol. The van der Waals surface area contributed by atoms with Crippen molar-refractivity contribution < 1.29 is 4.42 Å². The van der Waals surface area contributed by atoms with E-state index in [0.717, 1.165) is 18.7 Å². The van der Waals surface area contributed by atoms with E-state index < -0.39 is 0 Å². The smallest absolute Gasteiger partial charge is 0.133 e. The molecule has 0 bridgehead atoms. The highest BCUT2D eigenvalue weighted by molar-refractivity contribution is 5.78. The standard InChI is InChI=1S/C21H24N2O/c1-21(2,22)17-5-6-18-16(11-17)12-23(3)13-19(18)14-4-7-20-15(10-14)8-9-24-20/h4-11,19H,12-13,22H2,1-3H3. The molecule has 3 aromatic rings. The van der Waals surface area contributed by atoms with Crippen molar-refractivity contribution in [3.05, 3.63) is 71.0 Å². The van der Waals surface area contributed by atoms with E-state index in [1.54, 1.807) is 6.26 Å². The van der Waals surface area contributed by atoms with Gasteiger partial charge in [0.15, 0.2) is 0 Å². The van der Waals surface area contributed by atoms with Crippen LogP contribution in [0.3, 0.4) is 0 Å². The van der Waals surface area contributed by atoms with Gasteiger partial charge in [-0.05, 0) is 61.3 Å². The van der Waals surface area contributed by atoms with Crippen LogP contribution in [-0.4, -0.2) is 18.5 Å². The molecule has 2 heterocycles. The average Bonchev–Trinajstić information content (AvgIpc) is 3.00. The molecule has 2 N–H and O–H groups in total. The van der Waals surface area contributed by atoms with E-state index in [9.17, 15) is 0 Å². The summed E-state index contributed by atoms with van der Waals surface area (Å²) in [5, 5.41) is 1.17. The average molecular weight is 320 g/mol. The maximum Gasteiger partial charge on any atom is 0.133 e. The van der Waals surface area contributed by atoms with Crippen LogP contribution in [0.2, 0.25) is 0 Å². The van der Waals surface area contributed by atoms with Crippen LogP contribution in [0.5, 0.6) is 0 Å². The van der Waals surface area contributed by atoms with Gasteiger partial charge in [-0.1, -0.05) is 24.3 Å². The summed E-state index contributed by atoms with van der Waals surface area (Å²) in [6.07, 6.45) is 1.75. The lowest BCUT2D eigenvalue weighted by atomic mass is 9.82. The molecule has 0 spiro atoms. The van der Waals surface area contributed by atoms with Gasteiger partial charge in [0.2, 0.25) is 0 Å². The van der Waals surface area contributed by atoms with Crippen molar-refractivity contribution in [2.75, 3.05) is 13.6 Å². The van der Waals surface area contributed by atoms with Gasteiger partial charge in [-0.2, -0.15) is 0 Å². The second-order valence-corrected chi connectivity index (χ2v) is 7.60. The third-order valence-corrected chi connectivity index (χ3v) is 5.08. The Labute approximate surface area is 143 Å². The van der Waals surface area contributed by atoms with E-state index in [1.165, 1.54) is 27.6 Å². The summed E-state index contributed by atoms with van der Waals surface area (Å²) in [5.41, 5.74) is 12.3. The van der Waals surface area contributed by atoms with Gasteiger partial charge in [-0.3, -0.25) is 0 Å². The van der Waals surface area contributed by atoms with Gasteiger partial charge in [-0.15, -0.1) is 0 Å². The molecule has 0 amide bonds. The Hall–Kier alpha value is -2.10. The largest absolute Gasteiger partial charge is 0.464 e. The lowest BCUT2D eigenvalue weighted by Crippen LogP contribution is -2.33. The van der Waals surface area contributed by atoms with Crippen LogP contribution in [-0.2, 0) is 12.1 Å². The molecule has 3 nitrogen and oxygen atoms in total. The number of hydrogen-bond acceptors (Lipinski definition) is 3. The van der Waals surface area contributed by atoms with Crippen LogP contribution in [0, 0.1) is 0 Å². The molecule has 1 unspecified atom stereocenters. The van der Waals surface area contributed by atoms with Gasteiger partial charge in [0.25, 0.3) is 0 Å². The molecule has 3 heteroatoms. The molecule has 0 saturated carbocycles. The fraction of sp³-hybridized carbons (Fsp3) is 0.333. The normalized spacial score (nSPS) is 18.8. The topological polar surface area (TPSA) is 42.4 Å². The van der Waals surface area contributed by atoms with Crippen LogP contribution < -0.4 is 5.73 Å². The number of nitrogens with zero attached hydrogens (tertiary/aromatic N) is 1. The summed E-state index contributed by atoms with van der Waals surface area (Å²) < 4.78 is 5.48. The van der Waals surface area contributed by atoms with Crippen LogP contribution in [0.25, 0.3) is 11.0 Å². The summed E-state index contributed by atoms with van der Waals surface area (Å²) in [6.45, 7) is 6.13. The molecule has 4 rings (SSSR count). The second-order valence-electron chi connectivity index (χ2n) is 7.60. The number of rotatable bonds is 2. The maximum absolute atomic E-state index is 6.30. The Kier molecular flexibility index (Phi) is 3.52. The highest BCUT2D eigenvalue weighted by Gasteiger charge is 2.26. The number of benzene rings is 2. The van der Waals surface area contributed by atoms with Gasteiger partial charge in [0.1, 0.15) is 5.58 Å². The molecule has 1 aliphatic heterocycles. The molecule has 1 aliphatic rings. The van der Waals surface area contributed by atoms with Crippen molar-refractivity contribution in [3.8, 4) is 0 Å². The predicted octanol–water partition coefficient (Wildman–Crippen LogP) is 4.20. The number of hydrogen-bond donors (Lipinski definition) is 1. The molecule has 1 aromatic heterocycles. The Balaban J connectivity index is 1.80. The molecule has 1 atom stereocenters. The molecule has 0 aliphatic carbocycles. The van der Waals surface area contributed by atoms with Crippen LogP contribution in [0.1, 0.15) is 42.0 Å². The monoisotopic (exact) mass is 320 g/mol. The fourth-order valence-electron chi connectivity index (χ4n) is 3.74. The van der Waals surface area contributed by atoms with E-state index in [-0.39, 0.29) is 5.54 Å². The Morgan fingerprint density at radius 1 is 1.12 bits per heavy atom. The highest BCUT2D eigenvalue weighted by atomic mass is 16.3. The first-order valence-corrected chi connectivity index (χ1v) is 8.50. The van der Waals surface area contributed by atoms with Crippen molar-refractivity contribution >= 4 is 11.0 Å². The summed E-state index contributed by atoms with van der Waals surface area (Å²) >= 11 is 0. The molecule has 24 heavy (non-hydrogen) atoms. The van der Waals surface area contributed by atoms with E-state index in [1.807, 2.05) is 6.07 Å². The molecule has 0 saturated heterocycles. The number of nitrogens with two attached hydrogens (primary N) is 1. The molecule has 2 aromatic carbocycles. The fourth-order valence-corrected chi connectivity index (χ4v) is 3.74. The minimum atomic E-state index is -0.309. The van der Waals surface area contributed by atoms with Crippen LogP contribution in [0.4, 0.5) is 0 Å². The molecular formula is C21H24N2O. The predicted molar refractivity (Wildman–Crippen MR) is 98.0 cm³/mol.